The van der Waals surface area contributed by atoms with E-state index in [2.05, 4.69) is 21.4 Å². The molecule has 0 bridgehead atoms. The number of aliphatic carboxylic acids is 1. The summed E-state index contributed by atoms with van der Waals surface area (Å²) < 4.78 is 5.96. The lowest BCUT2D eigenvalue weighted by molar-refractivity contribution is -0.137. The number of pyridine rings is 1. The molecule has 1 aliphatic carbocycles. The van der Waals surface area contributed by atoms with E-state index >= 15 is 0 Å². The van der Waals surface area contributed by atoms with Crippen LogP contribution in [0.3, 0.4) is 0 Å². The van der Waals surface area contributed by atoms with Gasteiger partial charge in [-0.25, -0.2) is 4.99 Å². The van der Waals surface area contributed by atoms with Crippen LogP contribution in [0.15, 0.2) is 59.9 Å². The van der Waals surface area contributed by atoms with Crippen molar-refractivity contribution in [3.8, 4) is 0 Å². The molecule has 2 heterocycles. The van der Waals surface area contributed by atoms with E-state index in [-0.39, 0.29) is 18.9 Å². The quantitative estimate of drug-likeness (QED) is 0.284. The van der Waals surface area contributed by atoms with E-state index in [0.29, 0.717) is 18.9 Å². The van der Waals surface area contributed by atoms with Gasteiger partial charge in [0.2, 0.25) is 11.8 Å². The highest BCUT2D eigenvalue weighted by Gasteiger charge is 2.28. The van der Waals surface area contributed by atoms with Gasteiger partial charge in [-0.15, -0.1) is 0 Å². The van der Waals surface area contributed by atoms with Gasteiger partial charge in [-0.3, -0.25) is 14.6 Å². The summed E-state index contributed by atoms with van der Waals surface area (Å²) in [5.74, 6) is 0.497. The van der Waals surface area contributed by atoms with Crippen molar-refractivity contribution in [1.82, 2.24) is 10.3 Å². The zero-order valence-corrected chi connectivity index (χ0v) is 22.8. The molecule has 39 heavy (non-hydrogen) atoms. The fourth-order valence-corrected chi connectivity index (χ4v) is 5.50. The first kappa shape index (κ1) is 28.5. The first-order valence-electron chi connectivity index (χ1n) is 14.5. The fraction of sp³-hybridized carbons (Fsp3) is 0.500. The topological polar surface area (TPSA) is 101 Å². The second-order valence-electron chi connectivity index (χ2n) is 10.6. The third-order valence-corrected chi connectivity index (χ3v) is 7.63. The zero-order chi connectivity index (χ0) is 27.3. The van der Waals surface area contributed by atoms with Gasteiger partial charge < -0.3 is 15.2 Å². The van der Waals surface area contributed by atoms with E-state index < -0.39 is 12.0 Å². The Kier molecular flexibility index (Phi) is 11.1. The number of benzene rings is 1. The molecule has 2 aliphatic rings. The minimum absolute atomic E-state index is 0.0818. The molecule has 0 unspecified atom stereocenters. The van der Waals surface area contributed by atoms with Gasteiger partial charge in [0.25, 0.3) is 0 Å². The normalized spacial score (nSPS) is 17.9. The Balaban J connectivity index is 1.39. The molecule has 1 aromatic carbocycles. The van der Waals surface area contributed by atoms with Crippen molar-refractivity contribution in [1.29, 1.82) is 0 Å². The summed E-state index contributed by atoms with van der Waals surface area (Å²) in [7, 11) is 0. The Morgan fingerprint density at radius 1 is 1.03 bits per heavy atom. The SMILES string of the molecule is O=C(O)CCCC/C=C(/c1cccnc1)c1ccccc1C1=N[C@H](C(=O)NCCCCC2CCCCC2)CO1. The highest BCUT2D eigenvalue weighted by molar-refractivity contribution is 6.03. The average Bonchev–Trinajstić information content (AvgIpc) is 3.46. The van der Waals surface area contributed by atoms with Crippen molar-refractivity contribution in [3.05, 3.63) is 71.6 Å². The lowest BCUT2D eigenvalue weighted by Gasteiger charge is -2.21. The summed E-state index contributed by atoms with van der Waals surface area (Å²) in [6, 6.07) is 11.3. The van der Waals surface area contributed by atoms with Gasteiger partial charge in [-0.1, -0.05) is 75.3 Å². The van der Waals surface area contributed by atoms with Gasteiger partial charge in [0, 0.05) is 36.5 Å². The molecule has 0 spiro atoms. The molecular formula is C32H41N3O4. The first-order chi connectivity index (χ1) is 19.1. The third-order valence-electron chi connectivity index (χ3n) is 7.63. The van der Waals surface area contributed by atoms with Gasteiger partial charge in [-0.2, -0.15) is 0 Å². The number of ether oxygens (including phenoxy) is 1. The lowest BCUT2D eigenvalue weighted by Crippen LogP contribution is -2.34. The molecule has 2 aromatic rings. The van der Waals surface area contributed by atoms with Crippen LogP contribution >= 0.6 is 0 Å². The summed E-state index contributed by atoms with van der Waals surface area (Å²) in [5, 5.41) is 12.0. The molecule has 0 saturated heterocycles. The Labute approximate surface area is 231 Å². The maximum Gasteiger partial charge on any atom is 0.303 e. The Bertz CT molecular complexity index is 1140. The number of unbranched alkanes of at least 4 members (excludes halogenated alkanes) is 3. The monoisotopic (exact) mass is 531 g/mol. The minimum atomic E-state index is -0.772. The molecule has 208 valence electrons. The van der Waals surface area contributed by atoms with Crippen LogP contribution in [-0.2, 0) is 14.3 Å². The number of carboxylic acid groups (broad SMARTS) is 1. The van der Waals surface area contributed by atoms with Crippen LogP contribution in [0.4, 0.5) is 0 Å². The second kappa shape index (κ2) is 15.2. The average molecular weight is 532 g/mol. The summed E-state index contributed by atoms with van der Waals surface area (Å²) in [6.07, 6.45) is 18.3. The van der Waals surface area contributed by atoms with Gasteiger partial charge in [0.15, 0.2) is 6.04 Å². The highest BCUT2D eigenvalue weighted by atomic mass is 16.5. The van der Waals surface area contributed by atoms with Crippen LogP contribution in [0.2, 0.25) is 0 Å². The number of rotatable bonds is 14. The van der Waals surface area contributed by atoms with Crippen molar-refractivity contribution in [2.24, 2.45) is 10.9 Å². The number of carboxylic acids is 1. The number of carbonyl (C=O) groups is 2. The highest BCUT2D eigenvalue weighted by Crippen LogP contribution is 2.29. The summed E-state index contributed by atoms with van der Waals surface area (Å²) in [4.78, 5) is 32.7. The maximum atomic E-state index is 12.8. The molecule has 1 fully saturated rings. The Hall–Kier alpha value is -3.48. The number of nitrogens with zero attached hydrogens (tertiary/aromatic N) is 2. The minimum Gasteiger partial charge on any atom is -0.481 e. The van der Waals surface area contributed by atoms with E-state index in [1.807, 2.05) is 42.6 Å². The van der Waals surface area contributed by atoms with E-state index in [9.17, 15) is 9.59 Å². The first-order valence-corrected chi connectivity index (χ1v) is 14.5. The molecule has 1 saturated carbocycles. The predicted octanol–water partition coefficient (Wildman–Crippen LogP) is 6.17. The molecule has 1 atom stereocenters. The van der Waals surface area contributed by atoms with Crippen LogP contribution < -0.4 is 5.32 Å². The summed E-state index contributed by atoms with van der Waals surface area (Å²) in [6.45, 7) is 0.915. The van der Waals surface area contributed by atoms with Crippen molar-refractivity contribution in [2.75, 3.05) is 13.2 Å². The Morgan fingerprint density at radius 3 is 2.67 bits per heavy atom. The van der Waals surface area contributed by atoms with Gasteiger partial charge >= 0.3 is 5.97 Å². The molecule has 7 nitrogen and oxygen atoms in total. The van der Waals surface area contributed by atoms with E-state index in [0.717, 1.165) is 53.9 Å². The molecule has 1 amide bonds. The van der Waals surface area contributed by atoms with Crippen molar-refractivity contribution >= 4 is 23.3 Å². The standard InChI is InChI=1S/C32H41N3O4/c36-30(37)19-6-2-5-16-26(25-15-11-20-33-22-25)27-17-7-8-18-28(27)32-35-29(23-39-32)31(38)34-21-10-9-14-24-12-3-1-4-13-24/h7-8,11,15-18,20,22,24,29H,1-6,9-10,12-14,19,21,23H2,(H,34,38)(H,36,37)/b26-16-/t29-/m0/s1. The number of allylic oxidation sites excluding steroid dienone is 1. The van der Waals surface area contributed by atoms with E-state index in [1.165, 1.54) is 38.5 Å². The number of hydrogen-bond donors (Lipinski definition) is 2. The molecule has 1 aliphatic heterocycles. The summed E-state index contributed by atoms with van der Waals surface area (Å²) >= 11 is 0. The van der Waals surface area contributed by atoms with Crippen LogP contribution in [0.1, 0.15) is 93.7 Å². The zero-order valence-electron chi connectivity index (χ0n) is 22.8. The molecule has 4 rings (SSSR count). The molecule has 0 radical (unpaired) electrons. The van der Waals surface area contributed by atoms with Crippen molar-refractivity contribution < 1.29 is 19.4 Å². The van der Waals surface area contributed by atoms with Crippen LogP contribution in [0.25, 0.3) is 5.57 Å². The number of carbonyl (C=O) groups excluding carboxylic acids is 1. The van der Waals surface area contributed by atoms with E-state index in [4.69, 9.17) is 9.84 Å². The number of hydrogen-bond acceptors (Lipinski definition) is 5. The smallest absolute Gasteiger partial charge is 0.303 e. The van der Waals surface area contributed by atoms with Crippen LogP contribution in [0.5, 0.6) is 0 Å². The van der Waals surface area contributed by atoms with Gasteiger partial charge in [-0.05, 0) is 54.9 Å². The van der Waals surface area contributed by atoms with E-state index in [1.54, 1.807) is 6.20 Å². The summed E-state index contributed by atoms with van der Waals surface area (Å²) in [5.41, 5.74) is 3.74. The third kappa shape index (κ3) is 8.77. The predicted molar refractivity (Wildman–Crippen MR) is 154 cm³/mol. The number of aliphatic imine (C=N–C) groups is 1. The second-order valence-corrected chi connectivity index (χ2v) is 10.6. The van der Waals surface area contributed by atoms with Crippen molar-refractivity contribution in [3.63, 3.8) is 0 Å². The number of aromatic nitrogens is 1. The molecular weight excluding hydrogens is 490 g/mol. The maximum absolute atomic E-state index is 12.8. The van der Waals surface area contributed by atoms with Crippen LogP contribution in [-0.4, -0.2) is 47.1 Å². The Morgan fingerprint density at radius 2 is 1.87 bits per heavy atom. The van der Waals surface area contributed by atoms with Gasteiger partial charge in [0.05, 0.1) is 0 Å². The number of nitrogens with one attached hydrogen (secondary N) is 1. The molecule has 1 aromatic heterocycles. The largest absolute Gasteiger partial charge is 0.481 e. The molecule has 2 N–H and O–H groups in total. The molecule has 7 heteroatoms. The van der Waals surface area contributed by atoms with Crippen LogP contribution in [0, 0.1) is 5.92 Å². The lowest BCUT2D eigenvalue weighted by atomic mass is 9.86. The number of amides is 1. The van der Waals surface area contributed by atoms with Crippen molar-refractivity contribution in [2.45, 2.75) is 83.1 Å². The van der Waals surface area contributed by atoms with Gasteiger partial charge in [0.1, 0.15) is 6.61 Å². The fourth-order valence-electron chi connectivity index (χ4n) is 5.50.